The molecule has 3 aromatic heterocycles. The SMILES string of the molecule is Cc1ccc(Cc2nc(N3CCCN(C(=O)Nc4ccc(Cl)c(Cl)c4)CC3)c3c(-c4cccnc4)noc3n2)cc1. The van der Waals surface area contributed by atoms with E-state index in [-0.39, 0.29) is 6.03 Å². The van der Waals surface area contributed by atoms with E-state index in [0.29, 0.717) is 65.6 Å². The minimum Gasteiger partial charge on any atom is -0.354 e. The van der Waals surface area contributed by atoms with Crippen molar-refractivity contribution in [1.82, 2.24) is 25.0 Å². The molecule has 2 aromatic carbocycles. The number of urea groups is 1. The quantitative estimate of drug-likeness (QED) is 0.246. The van der Waals surface area contributed by atoms with Gasteiger partial charge in [0.05, 0.1) is 10.0 Å². The first-order chi connectivity index (χ1) is 19.9. The number of benzene rings is 2. The van der Waals surface area contributed by atoms with E-state index >= 15 is 0 Å². The Kier molecular flexibility index (Phi) is 7.71. The van der Waals surface area contributed by atoms with Gasteiger partial charge in [-0.3, -0.25) is 4.98 Å². The molecule has 6 rings (SSSR count). The van der Waals surface area contributed by atoms with Crippen LogP contribution in [0.2, 0.25) is 10.0 Å². The number of hydrogen-bond donors (Lipinski definition) is 1. The number of fused-ring (bicyclic) bond motifs is 1. The highest BCUT2D eigenvalue weighted by Gasteiger charge is 2.26. The Bertz CT molecular complexity index is 1690. The van der Waals surface area contributed by atoms with Crippen molar-refractivity contribution in [3.8, 4) is 11.3 Å². The fourth-order valence-corrected chi connectivity index (χ4v) is 5.18. The molecule has 9 nitrogen and oxygen atoms in total. The molecule has 0 spiro atoms. The summed E-state index contributed by atoms with van der Waals surface area (Å²) in [6.07, 6.45) is 4.77. The van der Waals surface area contributed by atoms with Crippen LogP contribution >= 0.6 is 23.2 Å². The maximum absolute atomic E-state index is 13.1. The van der Waals surface area contributed by atoms with Crippen molar-refractivity contribution in [2.45, 2.75) is 19.8 Å². The first kappa shape index (κ1) is 27.0. The predicted octanol–water partition coefficient (Wildman–Crippen LogP) is 6.63. The second-order valence-corrected chi connectivity index (χ2v) is 10.8. The third-order valence-corrected chi connectivity index (χ3v) is 7.77. The molecular formula is C30H27Cl2N7O2. The van der Waals surface area contributed by atoms with Gasteiger partial charge in [0.2, 0.25) is 0 Å². The van der Waals surface area contributed by atoms with Crippen LogP contribution in [0.15, 0.2) is 71.5 Å². The van der Waals surface area contributed by atoms with Crippen molar-refractivity contribution >= 4 is 51.8 Å². The lowest BCUT2D eigenvalue weighted by Gasteiger charge is -2.24. The third-order valence-electron chi connectivity index (χ3n) is 7.03. The number of rotatable bonds is 5. The molecule has 5 aromatic rings. The van der Waals surface area contributed by atoms with Crippen LogP contribution in [-0.4, -0.2) is 57.2 Å². The van der Waals surface area contributed by atoms with Crippen molar-refractivity contribution in [3.05, 3.63) is 94.0 Å². The Morgan fingerprint density at radius 1 is 1.00 bits per heavy atom. The molecule has 208 valence electrons. The van der Waals surface area contributed by atoms with Gasteiger partial charge in [-0.1, -0.05) is 58.2 Å². The molecule has 0 aliphatic carbocycles. The molecule has 11 heteroatoms. The Labute approximate surface area is 247 Å². The first-order valence-corrected chi connectivity index (χ1v) is 14.1. The van der Waals surface area contributed by atoms with Crippen LogP contribution in [0, 0.1) is 6.92 Å². The number of halogens is 2. The number of hydrogen-bond acceptors (Lipinski definition) is 7. The number of aryl methyl sites for hydroxylation is 1. The molecule has 1 N–H and O–H groups in total. The number of pyridine rings is 1. The second-order valence-electron chi connectivity index (χ2n) is 9.97. The highest BCUT2D eigenvalue weighted by atomic mass is 35.5. The van der Waals surface area contributed by atoms with Crippen molar-refractivity contribution < 1.29 is 9.32 Å². The van der Waals surface area contributed by atoms with E-state index in [1.165, 1.54) is 5.56 Å². The van der Waals surface area contributed by atoms with Crippen molar-refractivity contribution in [2.24, 2.45) is 0 Å². The summed E-state index contributed by atoms with van der Waals surface area (Å²) in [6.45, 7) is 4.42. The summed E-state index contributed by atoms with van der Waals surface area (Å²) in [5, 5.41) is 8.86. The average molecular weight is 588 g/mol. The molecule has 2 amide bonds. The number of amides is 2. The minimum atomic E-state index is -0.195. The van der Waals surface area contributed by atoms with Gasteiger partial charge in [-0.2, -0.15) is 4.98 Å². The van der Waals surface area contributed by atoms with Gasteiger partial charge in [-0.05, 0) is 49.2 Å². The van der Waals surface area contributed by atoms with Crippen molar-refractivity contribution in [3.63, 3.8) is 0 Å². The summed E-state index contributed by atoms with van der Waals surface area (Å²) in [6, 6.07) is 17.0. The Morgan fingerprint density at radius 3 is 2.63 bits per heavy atom. The zero-order chi connectivity index (χ0) is 28.3. The Hall–Kier alpha value is -4.21. The van der Waals surface area contributed by atoms with Crippen LogP contribution in [0.4, 0.5) is 16.3 Å². The highest BCUT2D eigenvalue weighted by molar-refractivity contribution is 6.42. The number of anilines is 2. The number of carbonyl (C=O) groups excluding carboxylic acids is 1. The zero-order valence-corrected chi connectivity index (χ0v) is 23.9. The molecule has 0 unspecified atom stereocenters. The first-order valence-electron chi connectivity index (χ1n) is 13.3. The molecule has 4 heterocycles. The average Bonchev–Trinajstić information content (AvgIpc) is 3.25. The lowest BCUT2D eigenvalue weighted by atomic mass is 10.1. The Morgan fingerprint density at radius 2 is 1.85 bits per heavy atom. The lowest BCUT2D eigenvalue weighted by molar-refractivity contribution is 0.215. The summed E-state index contributed by atoms with van der Waals surface area (Å²) in [5.74, 6) is 1.38. The third kappa shape index (κ3) is 5.96. The molecule has 1 saturated heterocycles. The summed E-state index contributed by atoms with van der Waals surface area (Å²) in [7, 11) is 0. The number of aromatic nitrogens is 4. The minimum absolute atomic E-state index is 0.195. The summed E-state index contributed by atoms with van der Waals surface area (Å²) < 4.78 is 5.76. The van der Waals surface area contributed by atoms with Gasteiger partial charge in [0.25, 0.3) is 5.71 Å². The van der Waals surface area contributed by atoms with E-state index in [2.05, 4.69) is 51.5 Å². The van der Waals surface area contributed by atoms with E-state index in [4.69, 9.17) is 37.7 Å². The van der Waals surface area contributed by atoms with Crippen molar-refractivity contribution in [2.75, 3.05) is 36.4 Å². The Balaban J connectivity index is 1.30. The van der Waals surface area contributed by atoms with Crippen molar-refractivity contribution in [1.29, 1.82) is 0 Å². The maximum atomic E-state index is 13.1. The fourth-order valence-electron chi connectivity index (χ4n) is 4.88. The molecule has 0 bridgehead atoms. The van der Waals surface area contributed by atoms with Crippen LogP contribution in [0.5, 0.6) is 0 Å². The van der Waals surface area contributed by atoms with Gasteiger partial charge in [-0.15, -0.1) is 0 Å². The predicted molar refractivity (Wildman–Crippen MR) is 161 cm³/mol. The largest absolute Gasteiger partial charge is 0.354 e. The molecule has 1 aliphatic rings. The lowest BCUT2D eigenvalue weighted by Crippen LogP contribution is -2.38. The summed E-state index contributed by atoms with van der Waals surface area (Å²) >= 11 is 12.2. The fraction of sp³-hybridized carbons (Fsp3) is 0.233. The summed E-state index contributed by atoms with van der Waals surface area (Å²) in [5.41, 5.74) is 4.78. The van der Waals surface area contributed by atoms with Gasteiger partial charge < -0.3 is 19.6 Å². The van der Waals surface area contributed by atoms with Crippen LogP contribution in [0.1, 0.15) is 23.4 Å². The van der Waals surface area contributed by atoms with Gasteiger partial charge in [-0.25, -0.2) is 9.78 Å². The summed E-state index contributed by atoms with van der Waals surface area (Å²) in [4.78, 5) is 31.1. The van der Waals surface area contributed by atoms with Gasteiger partial charge in [0.15, 0.2) is 0 Å². The van der Waals surface area contributed by atoms with Crippen LogP contribution in [-0.2, 0) is 6.42 Å². The van der Waals surface area contributed by atoms with Gasteiger partial charge in [0, 0.05) is 56.2 Å². The van der Waals surface area contributed by atoms with Gasteiger partial charge in [0.1, 0.15) is 22.7 Å². The highest BCUT2D eigenvalue weighted by Crippen LogP contribution is 2.34. The molecule has 41 heavy (non-hydrogen) atoms. The molecule has 0 radical (unpaired) electrons. The maximum Gasteiger partial charge on any atom is 0.321 e. The monoisotopic (exact) mass is 587 g/mol. The van der Waals surface area contributed by atoms with Crippen LogP contribution < -0.4 is 10.2 Å². The smallest absolute Gasteiger partial charge is 0.321 e. The van der Waals surface area contributed by atoms with Crippen LogP contribution in [0.25, 0.3) is 22.4 Å². The van der Waals surface area contributed by atoms with E-state index in [1.54, 1.807) is 35.5 Å². The molecule has 0 atom stereocenters. The number of nitrogens with one attached hydrogen (secondary N) is 1. The van der Waals surface area contributed by atoms with E-state index in [9.17, 15) is 4.79 Å². The standard InChI is InChI=1S/C30H27Cl2N7O2/c1-19-5-7-20(8-6-19)16-25-35-28(26-27(37-41-29(26)36-25)21-4-2-11-33-18-21)38-12-3-13-39(15-14-38)30(40)34-22-9-10-23(31)24(32)17-22/h2,4-11,17-18H,3,12-16H2,1H3,(H,34,40). The molecule has 1 fully saturated rings. The van der Waals surface area contributed by atoms with Crippen LogP contribution in [0.3, 0.4) is 0 Å². The molecular weight excluding hydrogens is 561 g/mol. The number of carbonyl (C=O) groups is 1. The van der Waals surface area contributed by atoms with E-state index in [0.717, 1.165) is 28.8 Å². The van der Waals surface area contributed by atoms with E-state index < -0.39 is 0 Å². The zero-order valence-electron chi connectivity index (χ0n) is 22.3. The topological polar surface area (TPSA) is 100 Å². The molecule has 1 aliphatic heterocycles. The normalized spacial score (nSPS) is 13.8. The van der Waals surface area contributed by atoms with Gasteiger partial charge >= 0.3 is 6.03 Å². The second kappa shape index (κ2) is 11.7. The van der Waals surface area contributed by atoms with E-state index in [1.807, 2.05) is 12.1 Å². The molecule has 0 saturated carbocycles. The number of nitrogens with zero attached hydrogens (tertiary/aromatic N) is 6.